The van der Waals surface area contributed by atoms with Gasteiger partial charge in [-0.1, -0.05) is 6.92 Å². The highest BCUT2D eigenvalue weighted by Gasteiger charge is 2.22. The molecule has 0 aliphatic heterocycles. The number of rotatable bonds is 4. The molecule has 126 valence electrons. The minimum Gasteiger partial charge on any atom is -0.490 e. The predicted octanol–water partition coefficient (Wildman–Crippen LogP) is 3.44. The topological polar surface area (TPSA) is 94.4 Å². The van der Waals surface area contributed by atoms with Gasteiger partial charge in [-0.05, 0) is 37.3 Å². The first-order valence-corrected chi connectivity index (χ1v) is 8.42. The smallest absolute Gasteiger partial charge is 0.311 e. The fourth-order valence-corrected chi connectivity index (χ4v) is 3.90. The molecule has 0 saturated carbocycles. The molecule has 1 amide bonds. The summed E-state index contributed by atoms with van der Waals surface area (Å²) >= 11 is 1.48. The fraction of sp³-hybridized carbons (Fsp3) is 0.375. The van der Waals surface area contributed by atoms with Crippen molar-refractivity contribution in [3.63, 3.8) is 0 Å². The Morgan fingerprint density at radius 2 is 2.29 bits per heavy atom. The molecule has 0 saturated heterocycles. The lowest BCUT2D eigenvalue weighted by Gasteiger charge is -2.15. The van der Waals surface area contributed by atoms with Gasteiger partial charge in [0.1, 0.15) is 0 Å². The lowest BCUT2D eigenvalue weighted by Crippen LogP contribution is -2.12. The molecular weight excluding hydrogens is 330 g/mol. The zero-order chi connectivity index (χ0) is 17.3. The van der Waals surface area contributed by atoms with Gasteiger partial charge in [-0.2, -0.15) is 0 Å². The average Bonchev–Trinajstić information content (AvgIpc) is 2.95. The summed E-state index contributed by atoms with van der Waals surface area (Å²) in [5.74, 6) is 0.334. The number of carbonyl (C=O) groups excluding carboxylic acids is 1. The Labute approximate surface area is 142 Å². The van der Waals surface area contributed by atoms with E-state index in [1.807, 2.05) is 0 Å². The lowest BCUT2D eigenvalue weighted by molar-refractivity contribution is -0.385. The molecule has 1 N–H and O–H groups in total. The number of nitrogens with one attached hydrogen (secondary N) is 1. The van der Waals surface area contributed by atoms with Crippen molar-refractivity contribution >= 4 is 28.1 Å². The summed E-state index contributed by atoms with van der Waals surface area (Å²) < 4.78 is 4.94. The molecule has 1 aromatic carbocycles. The SMILES string of the molecule is COc1ccc(C(=O)Nc2nc3c(s2)C[C@H](C)CC3)cc1[N+](=O)[O-]. The zero-order valence-corrected chi connectivity index (χ0v) is 14.2. The summed E-state index contributed by atoms with van der Waals surface area (Å²) in [7, 11) is 1.35. The van der Waals surface area contributed by atoms with Gasteiger partial charge in [0.15, 0.2) is 10.9 Å². The van der Waals surface area contributed by atoms with E-state index < -0.39 is 10.8 Å². The number of thiazole rings is 1. The van der Waals surface area contributed by atoms with E-state index in [0.29, 0.717) is 11.0 Å². The molecule has 1 heterocycles. The summed E-state index contributed by atoms with van der Waals surface area (Å²) in [6, 6.07) is 4.13. The van der Waals surface area contributed by atoms with E-state index >= 15 is 0 Å². The van der Waals surface area contributed by atoms with Crippen molar-refractivity contribution in [1.29, 1.82) is 0 Å². The second-order valence-corrected chi connectivity index (χ2v) is 6.92. The van der Waals surface area contributed by atoms with Crippen molar-refractivity contribution < 1.29 is 14.5 Å². The van der Waals surface area contributed by atoms with Crippen LogP contribution >= 0.6 is 11.3 Å². The van der Waals surface area contributed by atoms with E-state index in [0.717, 1.165) is 25.0 Å². The van der Waals surface area contributed by atoms with Crippen LogP contribution in [0.5, 0.6) is 5.75 Å². The van der Waals surface area contributed by atoms with Crippen LogP contribution in [0.25, 0.3) is 0 Å². The Morgan fingerprint density at radius 3 is 3.00 bits per heavy atom. The normalized spacial score (nSPS) is 16.3. The number of amides is 1. The van der Waals surface area contributed by atoms with Gasteiger partial charge in [-0.25, -0.2) is 4.98 Å². The quantitative estimate of drug-likeness (QED) is 0.675. The molecule has 2 aromatic rings. The van der Waals surface area contributed by atoms with Crippen molar-refractivity contribution in [3.8, 4) is 5.75 Å². The first kappa shape index (κ1) is 16.4. The number of fused-ring (bicyclic) bond motifs is 1. The molecule has 1 aromatic heterocycles. The number of hydrogen-bond donors (Lipinski definition) is 1. The number of aromatic nitrogens is 1. The Kier molecular flexibility index (Phi) is 4.48. The summed E-state index contributed by atoms with van der Waals surface area (Å²) in [6.07, 6.45) is 3.02. The maximum atomic E-state index is 12.4. The van der Waals surface area contributed by atoms with Gasteiger partial charge in [0.05, 0.1) is 17.7 Å². The number of carbonyl (C=O) groups is 1. The number of nitro groups is 1. The minimum atomic E-state index is -0.570. The van der Waals surface area contributed by atoms with Crippen molar-refractivity contribution in [1.82, 2.24) is 4.98 Å². The molecule has 8 heteroatoms. The van der Waals surface area contributed by atoms with Crippen LogP contribution in [0, 0.1) is 16.0 Å². The van der Waals surface area contributed by atoms with Gasteiger partial charge in [-0.3, -0.25) is 20.2 Å². The second-order valence-electron chi connectivity index (χ2n) is 5.83. The molecule has 1 aliphatic carbocycles. The van der Waals surface area contributed by atoms with Crippen LogP contribution in [-0.2, 0) is 12.8 Å². The number of aryl methyl sites for hydroxylation is 1. The Balaban J connectivity index is 1.80. The van der Waals surface area contributed by atoms with E-state index in [4.69, 9.17) is 4.74 Å². The third-order valence-corrected chi connectivity index (χ3v) is 5.08. The first-order valence-electron chi connectivity index (χ1n) is 7.60. The molecule has 3 rings (SSSR count). The Bertz CT molecular complexity index is 803. The largest absolute Gasteiger partial charge is 0.490 e. The molecular formula is C16H17N3O4S. The second kappa shape index (κ2) is 6.56. The first-order chi connectivity index (χ1) is 11.5. The summed E-state index contributed by atoms with van der Waals surface area (Å²) in [5, 5.41) is 14.3. The Morgan fingerprint density at radius 1 is 1.50 bits per heavy atom. The molecule has 7 nitrogen and oxygen atoms in total. The number of ether oxygens (including phenoxy) is 1. The molecule has 0 unspecified atom stereocenters. The van der Waals surface area contributed by atoms with E-state index in [9.17, 15) is 14.9 Å². The van der Waals surface area contributed by atoms with Crippen LogP contribution < -0.4 is 10.1 Å². The lowest BCUT2D eigenvalue weighted by atomic mass is 9.93. The van der Waals surface area contributed by atoms with Crippen molar-refractivity contribution in [2.45, 2.75) is 26.2 Å². The number of nitro benzene ring substituents is 1. The van der Waals surface area contributed by atoms with Gasteiger partial charge in [-0.15, -0.1) is 11.3 Å². The molecule has 0 bridgehead atoms. The average molecular weight is 347 g/mol. The van der Waals surface area contributed by atoms with Crippen LogP contribution in [0.4, 0.5) is 10.8 Å². The van der Waals surface area contributed by atoms with E-state index in [-0.39, 0.29) is 17.0 Å². The van der Waals surface area contributed by atoms with Gasteiger partial charge in [0.2, 0.25) is 0 Å². The predicted molar refractivity (Wildman–Crippen MR) is 90.9 cm³/mol. The number of hydrogen-bond acceptors (Lipinski definition) is 6. The van der Waals surface area contributed by atoms with Gasteiger partial charge in [0.25, 0.3) is 5.91 Å². The highest BCUT2D eigenvalue weighted by molar-refractivity contribution is 7.15. The molecule has 0 radical (unpaired) electrons. The molecule has 24 heavy (non-hydrogen) atoms. The molecule has 0 spiro atoms. The van der Waals surface area contributed by atoms with E-state index in [1.165, 1.54) is 41.5 Å². The number of anilines is 1. The minimum absolute atomic E-state index is 0.121. The zero-order valence-electron chi connectivity index (χ0n) is 13.4. The number of nitrogens with zero attached hydrogens (tertiary/aromatic N) is 2. The molecule has 1 aliphatic rings. The van der Waals surface area contributed by atoms with Gasteiger partial charge < -0.3 is 4.74 Å². The summed E-state index contributed by atoms with van der Waals surface area (Å²) in [6.45, 7) is 2.21. The maximum Gasteiger partial charge on any atom is 0.311 e. The third kappa shape index (κ3) is 3.23. The van der Waals surface area contributed by atoms with Gasteiger partial charge in [0, 0.05) is 16.5 Å². The molecule has 1 atom stereocenters. The fourth-order valence-electron chi connectivity index (χ4n) is 2.74. The monoisotopic (exact) mass is 347 g/mol. The van der Waals surface area contributed by atoms with Crippen molar-refractivity contribution in [2.24, 2.45) is 5.92 Å². The van der Waals surface area contributed by atoms with Crippen LogP contribution in [0.3, 0.4) is 0 Å². The van der Waals surface area contributed by atoms with E-state index in [2.05, 4.69) is 17.2 Å². The highest BCUT2D eigenvalue weighted by Crippen LogP contribution is 2.33. The van der Waals surface area contributed by atoms with E-state index in [1.54, 1.807) is 0 Å². The van der Waals surface area contributed by atoms with Crippen LogP contribution in [0.2, 0.25) is 0 Å². The summed E-state index contributed by atoms with van der Waals surface area (Å²) in [5.41, 5.74) is 1.01. The maximum absolute atomic E-state index is 12.4. The van der Waals surface area contributed by atoms with Crippen molar-refractivity contribution in [2.75, 3.05) is 12.4 Å². The number of benzene rings is 1. The van der Waals surface area contributed by atoms with Crippen LogP contribution in [0.1, 0.15) is 34.3 Å². The summed E-state index contributed by atoms with van der Waals surface area (Å²) in [4.78, 5) is 28.5. The standard InChI is InChI=1S/C16H17N3O4S/c1-9-3-5-11-14(7-9)24-16(17-11)18-15(20)10-4-6-13(23-2)12(8-10)19(21)22/h4,6,8-9H,3,5,7H2,1-2H3,(H,17,18,20)/t9-/m1/s1. The van der Waals surface area contributed by atoms with Crippen molar-refractivity contribution in [3.05, 3.63) is 44.4 Å². The van der Waals surface area contributed by atoms with Crippen LogP contribution in [-0.4, -0.2) is 22.9 Å². The molecule has 0 fully saturated rings. The van der Waals surface area contributed by atoms with Crippen LogP contribution in [0.15, 0.2) is 18.2 Å². The number of methoxy groups -OCH3 is 1. The van der Waals surface area contributed by atoms with Gasteiger partial charge >= 0.3 is 5.69 Å². The highest BCUT2D eigenvalue weighted by atomic mass is 32.1. The Hall–Kier alpha value is -2.48. The third-order valence-electron chi connectivity index (χ3n) is 4.04.